The van der Waals surface area contributed by atoms with Crippen molar-refractivity contribution in [1.29, 1.82) is 0 Å². The van der Waals surface area contributed by atoms with Crippen LogP contribution in [0.5, 0.6) is 11.5 Å². The zero-order valence-electron chi connectivity index (χ0n) is 14.4. The molecule has 154 valence electrons. The number of ether oxygens (including phenoxy) is 2. The molecule has 0 aliphatic rings. The van der Waals surface area contributed by atoms with Crippen LogP contribution in [0.4, 0.5) is 26.3 Å². The van der Waals surface area contributed by atoms with Crippen molar-refractivity contribution in [3.8, 4) is 11.5 Å². The molecular formula is C16H14BF6IO4. The molecule has 0 saturated carbocycles. The molecule has 0 radical (unpaired) electrons. The second-order valence-electron chi connectivity index (χ2n) is 5.18. The van der Waals surface area contributed by atoms with Gasteiger partial charge in [-0.1, -0.05) is 0 Å². The monoisotopic (exact) mass is 522 g/mol. The molecule has 0 spiro atoms. The fraction of sp³-hybridized carbons (Fsp3) is 0.250. The molecule has 12 heteroatoms. The van der Waals surface area contributed by atoms with Gasteiger partial charge in [0.15, 0.2) is 0 Å². The molecule has 0 aromatic heterocycles. The number of alkyl halides is 6. The number of hydrogen-bond donors (Lipinski definition) is 2. The predicted molar refractivity (Wildman–Crippen MR) is 98.5 cm³/mol. The first kappa shape index (κ1) is 24.4. The van der Waals surface area contributed by atoms with Gasteiger partial charge in [-0.2, -0.15) is 26.3 Å². The second kappa shape index (κ2) is 9.70. The normalized spacial score (nSPS) is 11.4. The van der Waals surface area contributed by atoms with Gasteiger partial charge >= 0.3 is 19.5 Å². The molecule has 0 unspecified atom stereocenters. The summed E-state index contributed by atoms with van der Waals surface area (Å²) in [5.74, 6) is 0.451. The number of hydrogen-bond acceptors (Lipinski definition) is 4. The average Bonchev–Trinajstić information content (AvgIpc) is 2.60. The lowest BCUT2D eigenvalue weighted by atomic mass is 9.78. The van der Waals surface area contributed by atoms with Crippen LogP contribution < -0.4 is 14.9 Å². The van der Waals surface area contributed by atoms with E-state index in [-0.39, 0.29) is 11.2 Å². The molecule has 0 atom stereocenters. The number of methoxy groups -OCH3 is 2. The minimum absolute atomic E-state index is 0.00185. The highest BCUT2D eigenvalue weighted by molar-refractivity contribution is 14.1. The van der Waals surface area contributed by atoms with Crippen molar-refractivity contribution in [3.05, 3.63) is 51.1 Å². The maximum Gasteiger partial charge on any atom is 0.492 e. The summed E-state index contributed by atoms with van der Waals surface area (Å²) in [5, 5.41) is 17.7. The van der Waals surface area contributed by atoms with E-state index in [0.29, 0.717) is 15.4 Å². The third kappa shape index (κ3) is 6.74. The van der Waals surface area contributed by atoms with Crippen LogP contribution in [0.25, 0.3) is 0 Å². The maximum atomic E-state index is 12.3. The third-order valence-electron chi connectivity index (χ3n) is 3.31. The van der Waals surface area contributed by atoms with E-state index in [1.54, 1.807) is 22.6 Å². The highest BCUT2D eigenvalue weighted by atomic mass is 127. The van der Waals surface area contributed by atoms with Crippen LogP contribution in [0, 0.1) is 3.57 Å². The fourth-order valence-electron chi connectivity index (χ4n) is 1.96. The first-order valence-electron chi connectivity index (χ1n) is 7.33. The molecule has 2 aromatic carbocycles. The molecule has 0 saturated heterocycles. The zero-order valence-corrected chi connectivity index (χ0v) is 16.6. The van der Waals surface area contributed by atoms with Crippen molar-refractivity contribution in [1.82, 2.24) is 0 Å². The van der Waals surface area contributed by atoms with E-state index in [9.17, 15) is 26.3 Å². The van der Waals surface area contributed by atoms with Gasteiger partial charge in [-0.15, -0.1) is 0 Å². The van der Waals surface area contributed by atoms with Crippen molar-refractivity contribution in [2.45, 2.75) is 12.4 Å². The Balaban J connectivity index is 0.000000283. The van der Waals surface area contributed by atoms with E-state index in [4.69, 9.17) is 14.8 Å². The lowest BCUT2D eigenvalue weighted by Gasteiger charge is -2.11. The minimum Gasteiger partial charge on any atom is -0.497 e. The Labute approximate surface area is 170 Å². The van der Waals surface area contributed by atoms with Gasteiger partial charge in [-0.05, 0) is 59.0 Å². The molecule has 0 aliphatic carbocycles. The van der Waals surface area contributed by atoms with Crippen molar-refractivity contribution in [2.75, 3.05) is 14.2 Å². The molecule has 0 bridgehead atoms. The van der Waals surface area contributed by atoms with Gasteiger partial charge in [0.2, 0.25) is 0 Å². The summed E-state index contributed by atoms with van der Waals surface area (Å²) in [5.41, 5.74) is -1.92. The fourth-order valence-corrected chi connectivity index (χ4v) is 2.69. The summed E-state index contributed by atoms with van der Waals surface area (Å²) in [7, 11) is 0.654. The highest BCUT2D eigenvalue weighted by Crippen LogP contribution is 2.33. The topological polar surface area (TPSA) is 58.9 Å². The summed E-state index contributed by atoms with van der Waals surface area (Å²) in [6, 6.07) is 5.86. The molecule has 28 heavy (non-hydrogen) atoms. The van der Waals surface area contributed by atoms with Crippen LogP contribution in [0.3, 0.4) is 0 Å². The molecule has 0 fully saturated rings. The Bertz CT molecular complexity index is 796. The minimum atomic E-state index is -4.52. The van der Waals surface area contributed by atoms with Gasteiger partial charge in [-0.3, -0.25) is 0 Å². The van der Waals surface area contributed by atoms with Gasteiger partial charge in [0.05, 0.1) is 28.9 Å². The van der Waals surface area contributed by atoms with Crippen LogP contribution in [0.1, 0.15) is 11.1 Å². The zero-order chi connectivity index (χ0) is 21.7. The number of halogens is 7. The van der Waals surface area contributed by atoms with Crippen molar-refractivity contribution < 1.29 is 45.9 Å². The Kier molecular flexibility index (Phi) is 8.44. The third-order valence-corrected chi connectivity index (χ3v) is 4.16. The van der Waals surface area contributed by atoms with Crippen LogP contribution in [0.15, 0.2) is 36.4 Å². The van der Waals surface area contributed by atoms with Crippen LogP contribution >= 0.6 is 22.6 Å². The largest absolute Gasteiger partial charge is 0.497 e. The molecule has 0 heterocycles. The average molecular weight is 522 g/mol. The summed E-state index contributed by atoms with van der Waals surface area (Å²) >= 11 is 1.80. The Morgan fingerprint density at radius 2 is 1.21 bits per heavy atom. The highest BCUT2D eigenvalue weighted by Gasteiger charge is 2.32. The van der Waals surface area contributed by atoms with E-state index in [0.717, 1.165) is 24.3 Å². The Hall–Kier alpha value is -1.67. The lowest BCUT2D eigenvalue weighted by molar-refractivity contribution is -0.138. The Morgan fingerprint density at radius 3 is 1.57 bits per heavy atom. The number of rotatable bonds is 3. The van der Waals surface area contributed by atoms with Crippen molar-refractivity contribution >= 4 is 35.2 Å². The molecule has 0 aliphatic heterocycles. The first-order chi connectivity index (χ1) is 12.8. The van der Waals surface area contributed by atoms with E-state index < -0.39 is 30.6 Å². The molecular weight excluding hydrogens is 508 g/mol. The van der Waals surface area contributed by atoms with E-state index in [1.807, 2.05) is 0 Å². The van der Waals surface area contributed by atoms with Gasteiger partial charge in [0, 0.05) is 5.46 Å². The summed E-state index contributed by atoms with van der Waals surface area (Å²) in [6.45, 7) is 0. The van der Waals surface area contributed by atoms with Gasteiger partial charge < -0.3 is 19.5 Å². The van der Waals surface area contributed by atoms with Crippen molar-refractivity contribution in [3.63, 3.8) is 0 Å². The molecule has 2 rings (SSSR count). The van der Waals surface area contributed by atoms with E-state index in [2.05, 4.69) is 4.74 Å². The van der Waals surface area contributed by atoms with Gasteiger partial charge in [-0.25, -0.2) is 0 Å². The first-order valence-corrected chi connectivity index (χ1v) is 8.41. The summed E-state index contributed by atoms with van der Waals surface area (Å²) < 4.78 is 83.2. The maximum absolute atomic E-state index is 12.3. The van der Waals surface area contributed by atoms with Crippen molar-refractivity contribution in [2.24, 2.45) is 0 Å². The van der Waals surface area contributed by atoms with Gasteiger partial charge in [0.25, 0.3) is 0 Å². The number of benzene rings is 2. The van der Waals surface area contributed by atoms with Crippen LogP contribution in [0.2, 0.25) is 0 Å². The second-order valence-corrected chi connectivity index (χ2v) is 6.34. The van der Waals surface area contributed by atoms with Crippen LogP contribution in [-0.4, -0.2) is 31.4 Å². The molecule has 2 N–H and O–H groups in total. The molecule has 0 amide bonds. The Morgan fingerprint density at radius 1 is 0.786 bits per heavy atom. The smallest absolute Gasteiger partial charge is 0.492 e. The quantitative estimate of drug-likeness (QED) is 0.367. The molecule has 4 nitrogen and oxygen atoms in total. The lowest BCUT2D eigenvalue weighted by Crippen LogP contribution is -2.32. The standard InChI is InChI=1S/C8H8BF3O3.C8H6F3IO/c1-15-7-3-2-5(8(10,11)12)4-6(7)9(13)14;1-13-7-3-2-5(4-6(7)12)8(9,10)11/h2-4,13-14H,1H3;2-4H,1H3. The SMILES string of the molecule is COc1ccc(C(F)(F)F)cc1B(O)O.COc1ccc(C(F)(F)F)cc1I. The van der Waals surface area contributed by atoms with E-state index in [1.165, 1.54) is 20.3 Å². The van der Waals surface area contributed by atoms with Crippen LogP contribution in [-0.2, 0) is 12.4 Å². The van der Waals surface area contributed by atoms with Gasteiger partial charge in [0.1, 0.15) is 11.5 Å². The molecule has 2 aromatic rings. The van der Waals surface area contributed by atoms with E-state index >= 15 is 0 Å². The summed E-state index contributed by atoms with van der Waals surface area (Å²) in [4.78, 5) is 0. The summed E-state index contributed by atoms with van der Waals surface area (Å²) in [6.07, 6.45) is -8.80. The predicted octanol–water partition coefficient (Wildman–Crippen LogP) is 3.71.